The molecule has 2 unspecified atom stereocenters. The van der Waals surface area contributed by atoms with Gasteiger partial charge in [0, 0.05) is 12.3 Å². The van der Waals surface area contributed by atoms with E-state index in [9.17, 15) is 4.79 Å². The van der Waals surface area contributed by atoms with Gasteiger partial charge in [0.25, 0.3) is 11.6 Å². The third-order valence-corrected chi connectivity index (χ3v) is 10.8. The van der Waals surface area contributed by atoms with Gasteiger partial charge in [-0.1, -0.05) is 20.8 Å². The Balaban J connectivity index is 2.12. The lowest BCUT2D eigenvalue weighted by Gasteiger charge is -2.45. The number of ether oxygens (including phenoxy) is 2. The zero-order valence-corrected chi connectivity index (χ0v) is 17.5. The molecule has 2 aliphatic rings. The summed E-state index contributed by atoms with van der Waals surface area (Å²) in [5.41, 5.74) is -1.63. The van der Waals surface area contributed by atoms with Gasteiger partial charge >= 0.3 is 0 Å². The molecule has 0 spiro atoms. The molecular formula is C17H27ClN2O4Si. The predicted octanol–water partition coefficient (Wildman–Crippen LogP) is 2.75. The van der Waals surface area contributed by atoms with Crippen LogP contribution in [0.1, 0.15) is 27.7 Å². The van der Waals surface area contributed by atoms with E-state index in [0.717, 1.165) is 0 Å². The van der Waals surface area contributed by atoms with Crippen molar-refractivity contribution in [2.24, 2.45) is 0 Å². The van der Waals surface area contributed by atoms with Gasteiger partial charge in [-0.2, -0.15) is 4.98 Å². The Bertz CT molecular complexity index is 732. The molecule has 0 aromatic carbocycles. The fourth-order valence-corrected chi connectivity index (χ4v) is 4.94. The molecule has 140 valence electrons. The van der Waals surface area contributed by atoms with Crippen LogP contribution in [-0.4, -0.2) is 48.7 Å². The van der Waals surface area contributed by atoms with Crippen molar-refractivity contribution in [1.82, 2.24) is 9.55 Å². The van der Waals surface area contributed by atoms with Gasteiger partial charge < -0.3 is 13.9 Å². The van der Waals surface area contributed by atoms with Gasteiger partial charge in [0.15, 0.2) is 8.32 Å². The fourth-order valence-electron chi connectivity index (χ4n) is 3.24. The average molecular weight is 387 g/mol. The fraction of sp³-hybridized carbons (Fsp3) is 0.765. The summed E-state index contributed by atoms with van der Waals surface area (Å²) in [5.74, 6) is 0.251. The molecule has 3 rings (SSSR count). The van der Waals surface area contributed by atoms with Crippen LogP contribution >= 0.6 is 11.6 Å². The molecule has 2 aliphatic heterocycles. The minimum absolute atomic E-state index is 0.0497. The second-order valence-electron chi connectivity index (χ2n) is 8.81. The number of hydrogen-bond donors (Lipinski definition) is 0. The maximum Gasteiger partial charge on any atom is 0.300 e. The quantitative estimate of drug-likeness (QED) is 0.590. The van der Waals surface area contributed by atoms with Crippen LogP contribution < -0.4 is 10.3 Å². The highest BCUT2D eigenvalue weighted by Crippen LogP contribution is 2.48. The highest BCUT2D eigenvalue weighted by molar-refractivity contribution is 6.74. The number of alkyl halides is 1. The number of nitrogens with zero attached hydrogens (tertiary/aromatic N) is 2. The molecule has 0 aliphatic carbocycles. The minimum Gasteiger partial charge on any atom is -0.461 e. The lowest BCUT2D eigenvalue weighted by molar-refractivity contribution is -0.0636. The van der Waals surface area contributed by atoms with Gasteiger partial charge in [0.1, 0.15) is 18.3 Å². The molecule has 25 heavy (non-hydrogen) atoms. The van der Waals surface area contributed by atoms with E-state index in [4.69, 9.17) is 25.5 Å². The van der Waals surface area contributed by atoms with Crippen LogP contribution in [-0.2, 0) is 14.7 Å². The van der Waals surface area contributed by atoms with Crippen molar-refractivity contribution in [2.75, 3.05) is 19.1 Å². The van der Waals surface area contributed by atoms with Crippen LogP contribution in [0, 0.1) is 0 Å². The van der Waals surface area contributed by atoms with Gasteiger partial charge in [-0.15, -0.1) is 11.6 Å². The van der Waals surface area contributed by atoms with Crippen molar-refractivity contribution in [3.63, 3.8) is 0 Å². The van der Waals surface area contributed by atoms with Crippen molar-refractivity contribution in [2.45, 2.75) is 63.1 Å². The first-order valence-electron chi connectivity index (χ1n) is 8.56. The average Bonchev–Trinajstić information content (AvgIpc) is 2.73. The third kappa shape index (κ3) is 2.85. The van der Waals surface area contributed by atoms with E-state index in [0.29, 0.717) is 12.6 Å². The SMILES string of the molecule is CC12CO[C@](CCl)(COc3nc(=O)ccn31)C2O[Si](C)(C)C(C)(C)C. The van der Waals surface area contributed by atoms with E-state index in [2.05, 4.69) is 45.8 Å². The summed E-state index contributed by atoms with van der Waals surface area (Å²) in [5, 5.41) is 0.0497. The molecule has 8 heteroatoms. The molecule has 0 N–H and O–H groups in total. The zero-order chi connectivity index (χ0) is 18.7. The number of aromatic nitrogens is 2. The predicted molar refractivity (Wildman–Crippen MR) is 99.1 cm³/mol. The summed E-state index contributed by atoms with van der Waals surface area (Å²) in [4.78, 5) is 15.7. The number of halogens is 1. The van der Waals surface area contributed by atoms with Gasteiger partial charge in [0.2, 0.25) is 0 Å². The Labute approximate surface area is 154 Å². The molecule has 1 fully saturated rings. The molecule has 0 radical (unpaired) electrons. The summed E-state index contributed by atoms with van der Waals surface area (Å²) < 4.78 is 20.7. The van der Waals surface area contributed by atoms with E-state index in [-0.39, 0.29) is 29.2 Å². The first-order chi connectivity index (χ1) is 11.5. The van der Waals surface area contributed by atoms with Crippen molar-refractivity contribution in [3.05, 3.63) is 22.6 Å². The van der Waals surface area contributed by atoms with Gasteiger partial charge in [-0.25, -0.2) is 0 Å². The molecule has 1 aromatic heterocycles. The summed E-state index contributed by atoms with van der Waals surface area (Å²) in [6, 6.07) is 1.74. The molecule has 6 nitrogen and oxygen atoms in total. The molecule has 3 heterocycles. The summed E-state index contributed by atoms with van der Waals surface area (Å²) in [7, 11) is -2.09. The number of hydrogen-bond acceptors (Lipinski definition) is 5. The van der Waals surface area contributed by atoms with Crippen LogP contribution in [0.5, 0.6) is 6.01 Å². The van der Waals surface area contributed by atoms with Gasteiger partial charge in [0.05, 0.1) is 18.0 Å². The minimum atomic E-state index is -2.09. The summed E-state index contributed by atoms with van der Waals surface area (Å²) >= 11 is 6.35. The maximum absolute atomic E-state index is 11.7. The Morgan fingerprint density at radius 1 is 1.44 bits per heavy atom. The Morgan fingerprint density at radius 3 is 2.72 bits per heavy atom. The summed E-state index contributed by atoms with van der Waals surface area (Å²) in [6.45, 7) is 13.7. The van der Waals surface area contributed by atoms with Crippen molar-refractivity contribution < 1.29 is 13.9 Å². The zero-order valence-electron chi connectivity index (χ0n) is 15.8. The second-order valence-corrected chi connectivity index (χ2v) is 13.8. The lowest BCUT2D eigenvalue weighted by atomic mass is 9.87. The first-order valence-corrected chi connectivity index (χ1v) is 12.0. The molecule has 0 amide bonds. The van der Waals surface area contributed by atoms with Crippen LogP contribution in [0.2, 0.25) is 18.1 Å². The standard InChI is InChI=1S/C17H27ClN2O4Si/c1-15(2,3)25(5,6)24-13-16(4)10-23-17(13,9-18)11-22-14-19-12(21)7-8-20(14)16/h7-8,13H,9-11H2,1-6H3/t13?,16?,17-/m1/s1. The van der Waals surface area contributed by atoms with Gasteiger partial charge in [-0.05, 0) is 25.1 Å². The van der Waals surface area contributed by atoms with Crippen molar-refractivity contribution >= 4 is 19.9 Å². The second kappa shape index (κ2) is 5.80. The molecule has 3 atom stereocenters. The highest BCUT2D eigenvalue weighted by Gasteiger charge is 2.62. The molecule has 1 aromatic rings. The van der Waals surface area contributed by atoms with E-state index >= 15 is 0 Å². The van der Waals surface area contributed by atoms with Crippen LogP contribution in [0.3, 0.4) is 0 Å². The van der Waals surface area contributed by atoms with Crippen molar-refractivity contribution in [1.29, 1.82) is 0 Å². The Morgan fingerprint density at radius 2 is 2.12 bits per heavy atom. The number of rotatable bonds is 3. The van der Waals surface area contributed by atoms with E-state index in [1.807, 2.05) is 4.57 Å². The summed E-state index contributed by atoms with van der Waals surface area (Å²) in [6.07, 6.45) is 1.43. The molecule has 0 saturated carbocycles. The van der Waals surface area contributed by atoms with Crippen LogP contribution in [0.15, 0.2) is 17.1 Å². The van der Waals surface area contributed by atoms with E-state index in [1.165, 1.54) is 6.07 Å². The highest BCUT2D eigenvalue weighted by atomic mass is 35.5. The molecular weight excluding hydrogens is 360 g/mol. The van der Waals surface area contributed by atoms with Crippen LogP contribution in [0.4, 0.5) is 0 Å². The smallest absolute Gasteiger partial charge is 0.300 e. The van der Waals surface area contributed by atoms with E-state index < -0.39 is 19.5 Å². The van der Waals surface area contributed by atoms with Gasteiger partial charge in [-0.3, -0.25) is 9.36 Å². The lowest BCUT2D eigenvalue weighted by Crippen LogP contribution is -2.59. The van der Waals surface area contributed by atoms with Crippen molar-refractivity contribution in [3.8, 4) is 6.01 Å². The number of fused-ring (bicyclic) bond motifs is 4. The molecule has 2 bridgehead atoms. The first kappa shape index (κ1) is 18.9. The molecule has 1 saturated heterocycles. The third-order valence-electron chi connectivity index (χ3n) is 5.91. The van der Waals surface area contributed by atoms with Crippen LogP contribution in [0.25, 0.3) is 0 Å². The maximum atomic E-state index is 11.7. The monoisotopic (exact) mass is 386 g/mol. The normalized spacial score (nSPS) is 32.0. The van der Waals surface area contributed by atoms with E-state index in [1.54, 1.807) is 6.20 Å². The largest absolute Gasteiger partial charge is 0.461 e. The Kier molecular flexibility index (Phi) is 4.38. The topological polar surface area (TPSA) is 62.6 Å². The Hall–Kier alpha value is -0.893.